The molecular weight excluding hydrogens is 252 g/mol. The average molecular weight is 276 g/mol. The fraction of sp³-hybridized carbons (Fsp3) is 0.600. The van der Waals surface area contributed by atoms with Gasteiger partial charge in [-0.2, -0.15) is 0 Å². The Hall–Kier alpha value is -1.78. The highest BCUT2D eigenvalue weighted by Crippen LogP contribution is 2.35. The Morgan fingerprint density at radius 2 is 1.95 bits per heavy atom. The van der Waals surface area contributed by atoms with E-state index >= 15 is 0 Å². The SMILES string of the molecule is CC(C)(C)C1CCN(c2ncc(N)cc2C(N)=O)CC1. The first-order valence-electron chi connectivity index (χ1n) is 7.09. The first-order valence-corrected chi connectivity index (χ1v) is 7.09. The standard InChI is InChI=1S/C15H24N4O/c1-15(2,3)10-4-6-19(7-5-10)14-12(13(17)20)8-11(16)9-18-14/h8-10H,4-7,16H2,1-3H3,(H2,17,20). The molecule has 1 aliphatic rings. The minimum absolute atomic E-state index is 0.327. The van der Waals surface area contributed by atoms with Crippen molar-refractivity contribution < 1.29 is 4.79 Å². The molecule has 1 aromatic rings. The Morgan fingerprint density at radius 1 is 1.35 bits per heavy atom. The molecule has 5 heteroatoms. The zero-order chi connectivity index (χ0) is 14.9. The van der Waals surface area contributed by atoms with Crippen molar-refractivity contribution in [2.45, 2.75) is 33.6 Å². The van der Waals surface area contributed by atoms with Crippen molar-refractivity contribution in [3.63, 3.8) is 0 Å². The number of piperidine rings is 1. The number of pyridine rings is 1. The molecule has 1 aromatic heterocycles. The Kier molecular flexibility index (Phi) is 3.88. The molecule has 0 unspecified atom stereocenters. The van der Waals surface area contributed by atoms with Crippen LogP contribution in [0.4, 0.5) is 11.5 Å². The van der Waals surface area contributed by atoms with Crippen LogP contribution in [0.25, 0.3) is 0 Å². The van der Waals surface area contributed by atoms with Crippen LogP contribution in [0.5, 0.6) is 0 Å². The molecule has 5 nitrogen and oxygen atoms in total. The van der Waals surface area contributed by atoms with Gasteiger partial charge in [0.05, 0.1) is 17.4 Å². The van der Waals surface area contributed by atoms with E-state index in [1.54, 1.807) is 12.3 Å². The van der Waals surface area contributed by atoms with E-state index < -0.39 is 5.91 Å². The highest BCUT2D eigenvalue weighted by molar-refractivity contribution is 5.98. The third kappa shape index (κ3) is 3.03. The summed E-state index contributed by atoms with van der Waals surface area (Å²) in [6.07, 6.45) is 3.79. The predicted octanol–water partition coefficient (Wildman–Crippen LogP) is 2.03. The van der Waals surface area contributed by atoms with Crippen LogP contribution in [0.2, 0.25) is 0 Å². The second-order valence-corrected chi connectivity index (χ2v) is 6.63. The fourth-order valence-electron chi connectivity index (χ4n) is 2.86. The molecule has 2 rings (SSSR count). The molecule has 0 aliphatic carbocycles. The van der Waals surface area contributed by atoms with Gasteiger partial charge in [0.25, 0.3) is 5.91 Å². The van der Waals surface area contributed by atoms with E-state index in [-0.39, 0.29) is 0 Å². The van der Waals surface area contributed by atoms with Crippen LogP contribution in [0.1, 0.15) is 44.0 Å². The lowest BCUT2D eigenvalue weighted by atomic mass is 9.75. The summed E-state index contributed by atoms with van der Waals surface area (Å²) in [5.74, 6) is 0.890. The van der Waals surface area contributed by atoms with Gasteiger partial charge in [-0.3, -0.25) is 4.79 Å². The summed E-state index contributed by atoms with van der Waals surface area (Å²) in [5.41, 5.74) is 12.3. The van der Waals surface area contributed by atoms with Crippen molar-refractivity contribution >= 4 is 17.4 Å². The summed E-state index contributed by atoms with van der Waals surface area (Å²) in [5, 5.41) is 0. The minimum Gasteiger partial charge on any atom is -0.397 e. The number of amides is 1. The summed E-state index contributed by atoms with van der Waals surface area (Å²) >= 11 is 0. The Bertz CT molecular complexity index is 499. The van der Waals surface area contributed by atoms with E-state index in [2.05, 4.69) is 30.7 Å². The zero-order valence-electron chi connectivity index (χ0n) is 12.5. The van der Waals surface area contributed by atoms with Crippen molar-refractivity contribution in [2.75, 3.05) is 23.7 Å². The largest absolute Gasteiger partial charge is 0.397 e. The second-order valence-electron chi connectivity index (χ2n) is 6.63. The molecule has 0 aromatic carbocycles. The second kappa shape index (κ2) is 5.31. The van der Waals surface area contributed by atoms with E-state index in [1.165, 1.54) is 0 Å². The number of carbonyl (C=O) groups excluding carboxylic acids is 1. The zero-order valence-corrected chi connectivity index (χ0v) is 12.5. The van der Waals surface area contributed by atoms with E-state index in [4.69, 9.17) is 11.5 Å². The molecule has 1 amide bonds. The lowest BCUT2D eigenvalue weighted by molar-refractivity contribution is 0.1000. The number of aromatic nitrogens is 1. The molecule has 1 saturated heterocycles. The van der Waals surface area contributed by atoms with E-state index in [9.17, 15) is 4.79 Å². The molecule has 20 heavy (non-hydrogen) atoms. The summed E-state index contributed by atoms with van der Waals surface area (Å²) in [6.45, 7) is 8.65. The van der Waals surface area contributed by atoms with Gasteiger partial charge in [0.2, 0.25) is 0 Å². The molecule has 2 heterocycles. The molecule has 1 fully saturated rings. The van der Waals surface area contributed by atoms with E-state index in [1.807, 2.05) is 0 Å². The smallest absolute Gasteiger partial charge is 0.252 e. The average Bonchev–Trinajstić information content (AvgIpc) is 2.37. The summed E-state index contributed by atoms with van der Waals surface area (Å²) in [6, 6.07) is 1.61. The number of hydrogen-bond donors (Lipinski definition) is 2. The van der Waals surface area contributed by atoms with Gasteiger partial charge in [-0.15, -0.1) is 0 Å². The topological polar surface area (TPSA) is 85.2 Å². The molecule has 0 radical (unpaired) electrons. The molecule has 0 bridgehead atoms. The van der Waals surface area contributed by atoms with Gasteiger partial charge < -0.3 is 16.4 Å². The van der Waals surface area contributed by atoms with Crippen molar-refractivity contribution in [2.24, 2.45) is 17.1 Å². The lowest BCUT2D eigenvalue weighted by Gasteiger charge is -2.39. The maximum atomic E-state index is 11.5. The third-order valence-corrected chi connectivity index (χ3v) is 4.17. The molecule has 4 N–H and O–H groups in total. The Labute approximate surface area is 120 Å². The number of rotatable bonds is 2. The normalized spacial score (nSPS) is 17.2. The molecule has 1 aliphatic heterocycles. The lowest BCUT2D eigenvalue weighted by Crippen LogP contribution is -2.39. The van der Waals surface area contributed by atoms with Gasteiger partial charge in [-0.05, 0) is 30.2 Å². The van der Waals surface area contributed by atoms with Crippen LogP contribution >= 0.6 is 0 Å². The highest BCUT2D eigenvalue weighted by atomic mass is 16.1. The number of carbonyl (C=O) groups is 1. The first-order chi connectivity index (χ1) is 9.29. The predicted molar refractivity (Wildman–Crippen MR) is 81.6 cm³/mol. The van der Waals surface area contributed by atoms with Crippen molar-refractivity contribution in [1.29, 1.82) is 0 Å². The van der Waals surface area contributed by atoms with Gasteiger partial charge in [0.1, 0.15) is 5.82 Å². The van der Waals surface area contributed by atoms with Crippen LogP contribution in [-0.2, 0) is 0 Å². The van der Waals surface area contributed by atoms with Crippen molar-refractivity contribution in [1.82, 2.24) is 4.98 Å². The fourth-order valence-corrected chi connectivity index (χ4v) is 2.86. The quantitative estimate of drug-likeness (QED) is 0.865. The van der Waals surface area contributed by atoms with Gasteiger partial charge >= 0.3 is 0 Å². The molecule has 110 valence electrons. The summed E-state index contributed by atoms with van der Waals surface area (Å²) in [4.78, 5) is 18.0. The molecular formula is C15H24N4O. The van der Waals surface area contributed by atoms with E-state index in [0.29, 0.717) is 28.4 Å². The minimum atomic E-state index is -0.474. The van der Waals surface area contributed by atoms with E-state index in [0.717, 1.165) is 25.9 Å². The third-order valence-electron chi connectivity index (χ3n) is 4.17. The van der Waals surface area contributed by atoms with Crippen LogP contribution in [0.15, 0.2) is 12.3 Å². The molecule has 0 atom stereocenters. The number of nitrogens with zero attached hydrogens (tertiary/aromatic N) is 2. The van der Waals surface area contributed by atoms with Crippen LogP contribution in [-0.4, -0.2) is 24.0 Å². The van der Waals surface area contributed by atoms with Gasteiger partial charge in [-0.25, -0.2) is 4.98 Å². The number of hydrogen-bond acceptors (Lipinski definition) is 4. The molecule has 0 saturated carbocycles. The number of anilines is 2. The number of primary amides is 1. The first kappa shape index (κ1) is 14.6. The van der Waals surface area contributed by atoms with Crippen LogP contribution in [0.3, 0.4) is 0 Å². The van der Waals surface area contributed by atoms with Crippen molar-refractivity contribution in [3.05, 3.63) is 17.8 Å². The van der Waals surface area contributed by atoms with Gasteiger partial charge in [0, 0.05) is 13.1 Å². The highest BCUT2D eigenvalue weighted by Gasteiger charge is 2.30. The van der Waals surface area contributed by atoms with Crippen LogP contribution < -0.4 is 16.4 Å². The Balaban J connectivity index is 2.17. The van der Waals surface area contributed by atoms with Crippen molar-refractivity contribution in [3.8, 4) is 0 Å². The Morgan fingerprint density at radius 3 is 2.45 bits per heavy atom. The number of nitrogens with two attached hydrogens (primary N) is 2. The molecule has 0 spiro atoms. The van der Waals surface area contributed by atoms with Crippen LogP contribution in [0, 0.1) is 11.3 Å². The summed E-state index contributed by atoms with van der Waals surface area (Å²) in [7, 11) is 0. The van der Waals surface area contributed by atoms with Gasteiger partial charge in [-0.1, -0.05) is 20.8 Å². The maximum Gasteiger partial charge on any atom is 0.252 e. The monoisotopic (exact) mass is 276 g/mol. The van der Waals surface area contributed by atoms with Gasteiger partial charge in [0.15, 0.2) is 0 Å². The number of nitrogen functional groups attached to an aromatic ring is 1. The maximum absolute atomic E-state index is 11.5. The summed E-state index contributed by atoms with van der Waals surface area (Å²) < 4.78 is 0.